The third-order valence-electron chi connectivity index (χ3n) is 10.4. The van der Waals surface area contributed by atoms with Gasteiger partial charge in [0.25, 0.3) is 0 Å². The van der Waals surface area contributed by atoms with Gasteiger partial charge in [0.15, 0.2) is 0 Å². The van der Waals surface area contributed by atoms with E-state index in [1.54, 1.807) is 5.57 Å². The third-order valence-corrected chi connectivity index (χ3v) is 10.4. The van der Waals surface area contributed by atoms with Crippen molar-refractivity contribution in [1.82, 2.24) is 0 Å². The lowest BCUT2D eigenvalue weighted by Gasteiger charge is -2.54. The van der Waals surface area contributed by atoms with Gasteiger partial charge in [0.2, 0.25) is 0 Å². The SMILES string of the molecule is C/C=C1/CC[C@H]2CC3C4CC[C@H]5C[C@](C)(O)CCC5(C)[C@@]43C(=O)CC12C. The standard InChI is InChI=1S/C24H36O2/c1-5-15-6-7-16-12-19-18-9-8-17-13-21(2,26)10-11-23(17,4)24(18,19)20(25)14-22(15,16)3/h5,16-19,26H,6-14H2,1-4H3/b15-5-/t16-,17-,18?,19?,21+,22?,23?,24-/m0/s1. The quantitative estimate of drug-likeness (QED) is 0.598. The molecule has 5 aliphatic rings. The lowest BCUT2D eigenvalue weighted by Crippen LogP contribution is -2.52. The Hall–Kier alpha value is -0.630. The van der Waals surface area contributed by atoms with Crippen molar-refractivity contribution in [1.29, 1.82) is 0 Å². The van der Waals surface area contributed by atoms with Crippen LogP contribution in [0.1, 0.15) is 85.5 Å². The Morgan fingerprint density at radius 2 is 1.81 bits per heavy atom. The van der Waals surface area contributed by atoms with Crippen LogP contribution in [0, 0.1) is 39.9 Å². The molecule has 2 heteroatoms. The van der Waals surface area contributed by atoms with E-state index in [0.717, 1.165) is 25.7 Å². The van der Waals surface area contributed by atoms with Crippen molar-refractivity contribution >= 4 is 5.78 Å². The van der Waals surface area contributed by atoms with Gasteiger partial charge in [0, 0.05) is 11.8 Å². The van der Waals surface area contributed by atoms with Gasteiger partial charge in [-0.25, -0.2) is 0 Å². The highest BCUT2D eigenvalue weighted by Crippen LogP contribution is 2.81. The van der Waals surface area contributed by atoms with Gasteiger partial charge in [-0.15, -0.1) is 0 Å². The Balaban J connectivity index is 1.55. The minimum absolute atomic E-state index is 0.0430. The molecule has 0 amide bonds. The zero-order valence-electron chi connectivity index (χ0n) is 17.1. The summed E-state index contributed by atoms with van der Waals surface area (Å²) >= 11 is 0. The molecule has 5 saturated carbocycles. The van der Waals surface area contributed by atoms with Gasteiger partial charge in [-0.05, 0) is 99.7 Å². The number of hydrogen-bond acceptors (Lipinski definition) is 2. The van der Waals surface area contributed by atoms with Crippen LogP contribution in [-0.2, 0) is 4.79 Å². The lowest BCUT2D eigenvalue weighted by atomic mass is 9.50. The molecule has 2 nitrogen and oxygen atoms in total. The number of rotatable bonds is 0. The number of ketones is 1. The third kappa shape index (κ3) is 1.86. The molecule has 5 aliphatic carbocycles. The van der Waals surface area contributed by atoms with E-state index in [4.69, 9.17) is 0 Å². The summed E-state index contributed by atoms with van der Waals surface area (Å²) in [7, 11) is 0. The fraction of sp³-hybridized carbons (Fsp3) is 0.875. The van der Waals surface area contributed by atoms with Gasteiger partial charge in [0.1, 0.15) is 5.78 Å². The van der Waals surface area contributed by atoms with E-state index in [2.05, 4.69) is 26.8 Å². The van der Waals surface area contributed by atoms with Crippen molar-refractivity contribution in [2.75, 3.05) is 0 Å². The lowest BCUT2D eigenvalue weighted by molar-refractivity contribution is -0.146. The molecule has 5 rings (SSSR count). The van der Waals surface area contributed by atoms with Gasteiger partial charge in [-0.3, -0.25) is 4.79 Å². The highest BCUT2D eigenvalue weighted by molar-refractivity contribution is 5.91. The second kappa shape index (κ2) is 5.04. The van der Waals surface area contributed by atoms with Crippen molar-refractivity contribution in [3.05, 3.63) is 11.6 Å². The molecule has 0 aromatic heterocycles. The minimum atomic E-state index is -0.521. The molecule has 144 valence electrons. The number of hydrogen-bond donors (Lipinski definition) is 1. The van der Waals surface area contributed by atoms with Crippen molar-refractivity contribution < 1.29 is 9.90 Å². The zero-order chi connectivity index (χ0) is 18.5. The van der Waals surface area contributed by atoms with Crippen molar-refractivity contribution in [3.8, 4) is 0 Å². The molecule has 8 atom stereocenters. The van der Waals surface area contributed by atoms with Crippen LogP contribution in [0.15, 0.2) is 11.6 Å². The van der Waals surface area contributed by atoms with E-state index >= 15 is 0 Å². The van der Waals surface area contributed by atoms with Gasteiger partial charge >= 0.3 is 0 Å². The van der Waals surface area contributed by atoms with E-state index in [1.807, 2.05) is 6.92 Å². The van der Waals surface area contributed by atoms with E-state index in [9.17, 15) is 9.90 Å². The largest absolute Gasteiger partial charge is 0.390 e. The fourth-order valence-corrected chi connectivity index (χ4v) is 8.93. The molecule has 1 spiro atoms. The molecule has 0 heterocycles. The maximum absolute atomic E-state index is 14.0. The second-order valence-corrected chi connectivity index (χ2v) is 11.3. The molecule has 0 aliphatic heterocycles. The summed E-state index contributed by atoms with van der Waals surface area (Å²) in [6.45, 7) is 9.01. The summed E-state index contributed by atoms with van der Waals surface area (Å²) in [5.74, 6) is 3.13. The average Bonchev–Trinajstić information content (AvgIpc) is 3.16. The minimum Gasteiger partial charge on any atom is -0.390 e. The van der Waals surface area contributed by atoms with E-state index in [1.165, 1.54) is 32.1 Å². The monoisotopic (exact) mass is 356 g/mol. The second-order valence-electron chi connectivity index (χ2n) is 11.3. The van der Waals surface area contributed by atoms with Crippen LogP contribution in [-0.4, -0.2) is 16.5 Å². The van der Waals surface area contributed by atoms with Crippen LogP contribution in [0.25, 0.3) is 0 Å². The maximum Gasteiger partial charge on any atom is 0.141 e. The van der Waals surface area contributed by atoms with E-state index in [-0.39, 0.29) is 16.2 Å². The smallest absolute Gasteiger partial charge is 0.141 e. The van der Waals surface area contributed by atoms with Gasteiger partial charge in [0.05, 0.1) is 5.60 Å². The number of fused-ring (bicyclic) bond motifs is 3. The first-order chi connectivity index (χ1) is 12.2. The highest BCUT2D eigenvalue weighted by Gasteiger charge is 2.80. The Morgan fingerprint density at radius 3 is 2.54 bits per heavy atom. The van der Waals surface area contributed by atoms with Crippen molar-refractivity contribution in [2.24, 2.45) is 39.9 Å². The molecular weight excluding hydrogens is 320 g/mol. The maximum atomic E-state index is 14.0. The van der Waals surface area contributed by atoms with Gasteiger partial charge in [-0.1, -0.05) is 25.5 Å². The summed E-state index contributed by atoms with van der Waals surface area (Å²) in [5.41, 5.74) is 1.24. The molecular formula is C24H36O2. The molecule has 0 aromatic carbocycles. The molecule has 0 radical (unpaired) electrons. The molecule has 5 fully saturated rings. The van der Waals surface area contributed by atoms with Crippen LogP contribution in [0.4, 0.5) is 0 Å². The number of allylic oxidation sites excluding steroid dienone is 2. The zero-order valence-corrected chi connectivity index (χ0v) is 17.1. The summed E-state index contributed by atoms with van der Waals surface area (Å²) < 4.78 is 0. The number of carbonyl (C=O) groups is 1. The summed E-state index contributed by atoms with van der Waals surface area (Å²) in [5, 5.41) is 10.7. The first-order valence-corrected chi connectivity index (χ1v) is 11.1. The Kier molecular flexibility index (Phi) is 3.39. The number of carbonyl (C=O) groups excluding carboxylic acids is 1. The Labute approximate surface area is 158 Å². The van der Waals surface area contributed by atoms with Crippen LogP contribution in [0.3, 0.4) is 0 Å². The Morgan fingerprint density at radius 1 is 1.04 bits per heavy atom. The highest BCUT2D eigenvalue weighted by atomic mass is 16.3. The summed E-state index contributed by atoms with van der Waals surface area (Å²) in [6.07, 6.45) is 12.1. The molecule has 1 N–H and O–H groups in total. The topological polar surface area (TPSA) is 37.3 Å². The molecule has 0 aromatic rings. The first kappa shape index (κ1) is 17.5. The average molecular weight is 357 g/mol. The summed E-state index contributed by atoms with van der Waals surface area (Å²) in [4.78, 5) is 14.0. The van der Waals surface area contributed by atoms with Crippen molar-refractivity contribution in [3.63, 3.8) is 0 Å². The molecule has 0 saturated heterocycles. The molecule has 26 heavy (non-hydrogen) atoms. The van der Waals surface area contributed by atoms with E-state index < -0.39 is 5.60 Å². The van der Waals surface area contributed by atoms with Crippen LogP contribution in [0.2, 0.25) is 0 Å². The van der Waals surface area contributed by atoms with Crippen LogP contribution < -0.4 is 0 Å². The van der Waals surface area contributed by atoms with Gasteiger partial charge in [-0.2, -0.15) is 0 Å². The number of Topliss-reactive ketones (excluding diaryl/α,β-unsaturated/α-hetero) is 1. The summed E-state index contributed by atoms with van der Waals surface area (Å²) in [6, 6.07) is 0. The van der Waals surface area contributed by atoms with Crippen molar-refractivity contribution in [2.45, 2.75) is 91.1 Å². The predicted octanol–water partition coefficient (Wildman–Crippen LogP) is 5.30. The fourth-order valence-electron chi connectivity index (χ4n) is 8.93. The van der Waals surface area contributed by atoms with Crippen LogP contribution in [0.5, 0.6) is 0 Å². The molecule has 0 bridgehead atoms. The van der Waals surface area contributed by atoms with Gasteiger partial charge < -0.3 is 5.11 Å². The van der Waals surface area contributed by atoms with E-state index in [0.29, 0.717) is 29.5 Å². The predicted molar refractivity (Wildman–Crippen MR) is 104 cm³/mol. The first-order valence-electron chi connectivity index (χ1n) is 11.1. The normalized spacial score (nSPS) is 59.9. The molecule has 4 unspecified atom stereocenters. The number of aliphatic hydroxyl groups is 1. The Bertz CT molecular complexity index is 690. The van der Waals surface area contributed by atoms with Crippen LogP contribution >= 0.6 is 0 Å².